The van der Waals surface area contributed by atoms with E-state index in [-0.39, 0.29) is 10.6 Å². The van der Waals surface area contributed by atoms with Crippen molar-refractivity contribution in [1.29, 1.82) is 0 Å². The van der Waals surface area contributed by atoms with Gasteiger partial charge in [0.05, 0.1) is 10.5 Å². The summed E-state index contributed by atoms with van der Waals surface area (Å²) in [5, 5.41) is 18.4. The minimum Gasteiger partial charge on any atom is -0.258 e. The third kappa shape index (κ3) is 2.38. The molecule has 0 radical (unpaired) electrons. The van der Waals surface area contributed by atoms with Gasteiger partial charge >= 0.3 is 0 Å². The Morgan fingerprint density at radius 2 is 1.33 bits per heavy atom. The first-order valence-corrected chi connectivity index (χ1v) is 10.5. The lowest BCUT2D eigenvalue weighted by Gasteiger charge is -2.12. The van der Waals surface area contributed by atoms with Gasteiger partial charge in [0.25, 0.3) is 5.69 Å². The van der Waals surface area contributed by atoms with Gasteiger partial charge in [-0.2, -0.15) is 0 Å². The highest BCUT2D eigenvalue weighted by Crippen LogP contribution is 2.46. The third-order valence-electron chi connectivity index (χ3n) is 5.76. The van der Waals surface area contributed by atoms with Crippen LogP contribution in [0, 0.1) is 10.1 Å². The Hall–Kier alpha value is -3.76. The van der Waals surface area contributed by atoms with Gasteiger partial charge in [-0.05, 0) is 39.9 Å². The minimum absolute atomic E-state index is 0.137. The number of thiophene rings is 1. The van der Waals surface area contributed by atoms with Gasteiger partial charge < -0.3 is 0 Å². The van der Waals surface area contributed by atoms with E-state index in [1.807, 2.05) is 48.5 Å². The van der Waals surface area contributed by atoms with E-state index in [1.165, 1.54) is 14.8 Å². The number of nitrogens with zero attached hydrogens (tertiary/aromatic N) is 1. The van der Waals surface area contributed by atoms with E-state index in [2.05, 4.69) is 36.4 Å². The maximum atomic E-state index is 12.0. The fraction of sp³-hybridized carbons (Fsp3) is 0. The summed E-state index contributed by atoms with van der Waals surface area (Å²) in [7, 11) is 0. The van der Waals surface area contributed by atoms with Crippen LogP contribution >= 0.6 is 11.3 Å². The van der Waals surface area contributed by atoms with Crippen LogP contribution in [-0.2, 0) is 0 Å². The van der Waals surface area contributed by atoms with E-state index in [0.717, 1.165) is 32.5 Å². The summed E-state index contributed by atoms with van der Waals surface area (Å²) >= 11 is 1.78. The summed E-state index contributed by atoms with van der Waals surface area (Å²) in [5.41, 5.74) is 1.73. The van der Waals surface area contributed by atoms with Crippen molar-refractivity contribution >= 4 is 58.7 Å². The van der Waals surface area contributed by atoms with Crippen molar-refractivity contribution in [2.24, 2.45) is 0 Å². The van der Waals surface area contributed by atoms with E-state index in [9.17, 15) is 10.1 Å². The van der Waals surface area contributed by atoms with Crippen LogP contribution in [-0.4, -0.2) is 4.92 Å². The lowest BCUT2D eigenvalue weighted by molar-refractivity contribution is -0.384. The summed E-state index contributed by atoms with van der Waals surface area (Å²) in [6.07, 6.45) is 0. The van der Waals surface area contributed by atoms with E-state index in [1.54, 1.807) is 17.4 Å². The summed E-state index contributed by atoms with van der Waals surface area (Å²) in [6.45, 7) is 0. The summed E-state index contributed by atoms with van der Waals surface area (Å²) in [6, 6.07) is 30.1. The highest BCUT2D eigenvalue weighted by atomic mass is 32.1. The van der Waals surface area contributed by atoms with Crippen LogP contribution in [0.25, 0.3) is 52.8 Å². The fourth-order valence-electron chi connectivity index (χ4n) is 4.45. The second kappa shape index (κ2) is 6.37. The van der Waals surface area contributed by atoms with Crippen LogP contribution in [0.15, 0.2) is 91.0 Å². The zero-order valence-electron chi connectivity index (χ0n) is 15.8. The van der Waals surface area contributed by atoms with Gasteiger partial charge in [0.2, 0.25) is 0 Å². The molecule has 30 heavy (non-hydrogen) atoms. The number of benzene rings is 5. The molecule has 0 saturated heterocycles. The molecule has 142 valence electrons. The molecule has 6 rings (SSSR count). The molecule has 1 aromatic heterocycles. The van der Waals surface area contributed by atoms with Gasteiger partial charge in [-0.1, -0.05) is 66.7 Å². The fourth-order valence-corrected chi connectivity index (χ4v) is 5.67. The highest BCUT2D eigenvalue weighted by Gasteiger charge is 2.22. The molecule has 5 aromatic carbocycles. The standard InChI is InChI=1S/C26H15NO2S/c28-27(29)23-14-13-16-7-1-2-8-17(16)25(23)21-15-22-19-10-5-6-12-24(19)30-26(22)20-11-4-3-9-18(20)21/h1-15H. The Labute approximate surface area is 176 Å². The molecule has 0 aliphatic heterocycles. The molecule has 0 saturated carbocycles. The van der Waals surface area contributed by atoms with Crippen molar-refractivity contribution in [3.8, 4) is 11.1 Å². The SMILES string of the molecule is O=[N+]([O-])c1ccc2ccccc2c1-c1cc2c3ccccc3sc2c2ccccc12. The van der Waals surface area contributed by atoms with Crippen molar-refractivity contribution in [1.82, 2.24) is 0 Å². The molecule has 0 unspecified atom stereocenters. The molecule has 1 heterocycles. The van der Waals surface area contributed by atoms with Gasteiger partial charge in [-0.3, -0.25) is 10.1 Å². The molecule has 0 N–H and O–H groups in total. The number of nitro benzene ring substituents is 1. The number of hydrogen-bond donors (Lipinski definition) is 0. The van der Waals surface area contributed by atoms with Gasteiger partial charge in [0.15, 0.2) is 0 Å². The molecule has 0 amide bonds. The summed E-state index contributed by atoms with van der Waals surface area (Å²) in [4.78, 5) is 11.7. The maximum absolute atomic E-state index is 12.0. The normalized spacial score (nSPS) is 11.6. The second-order valence-electron chi connectivity index (χ2n) is 7.38. The summed E-state index contributed by atoms with van der Waals surface area (Å²) in [5.74, 6) is 0. The average molecular weight is 405 g/mol. The molecule has 0 atom stereocenters. The van der Waals surface area contributed by atoms with Crippen LogP contribution in [0.4, 0.5) is 5.69 Å². The van der Waals surface area contributed by atoms with E-state index >= 15 is 0 Å². The number of fused-ring (bicyclic) bond motifs is 6. The Kier molecular flexibility index (Phi) is 3.64. The predicted molar refractivity (Wildman–Crippen MR) is 126 cm³/mol. The van der Waals surface area contributed by atoms with Crippen LogP contribution in [0.5, 0.6) is 0 Å². The van der Waals surface area contributed by atoms with E-state index in [0.29, 0.717) is 5.56 Å². The average Bonchev–Trinajstić information content (AvgIpc) is 3.16. The van der Waals surface area contributed by atoms with Gasteiger partial charge in [-0.15, -0.1) is 11.3 Å². The molecule has 0 bridgehead atoms. The molecule has 3 nitrogen and oxygen atoms in total. The Balaban J connectivity index is 1.87. The van der Waals surface area contributed by atoms with Crippen molar-refractivity contribution in [2.75, 3.05) is 0 Å². The second-order valence-corrected chi connectivity index (χ2v) is 8.43. The van der Waals surface area contributed by atoms with Gasteiger partial charge in [0, 0.05) is 31.6 Å². The zero-order valence-corrected chi connectivity index (χ0v) is 16.6. The predicted octanol–water partition coefficient (Wildman–Crippen LogP) is 7.94. The van der Waals surface area contributed by atoms with Crippen LogP contribution in [0.3, 0.4) is 0 Å². The smallest absolute Gasteiger partial charge is 0.258 e. The Bertz CT molecular complexity index is 1630. The quantitative estimate of drug-likeness (QED) is 0.217. The third-order valence-corrected chi connectivity index (χ3v) is 6.98. The highest BCUT2D eigenvalue weighted by molar-refractivity contribution is 7.26. The molecule has 6 aromatic rings. The largest absolute Gasteiger partial charge is 0.277 e. The zero-order chi connectivity index (χ0) is 20.2. The molecule has 0 aliphatic carbocycles. The first-order chi connectivity index (χ1) is 14.7. The molecular formula is C26H15NO2S. The molecular weight excluding hydrogens is 390 g/mol. The van der Waals surface area contributed by atoms with Crippen LogP contribution in [0.2, 0.25) is 0 Å². The van der Waals surface area contributed by atoms with Crippen molar-refractivity contribution < 1.29 is 4.92 Å². The van der Waals surface area contributed by atoms with Crippen LogP contribution in [0.1, 0.15) is 0 Å². The van der Waals surface area contributed by atoms with Gasteiger partial charge in [0.1, 0.15) is 0 Å². The number of nitro groups is 1. The van der Waals surface area contributed by atoms with Crippen molar-refractivity contribution in [3.63, 3.8) is 0 Å². The minimum atomic E-state index is -0.271. The maximum Gasteiger partial charge on any atom is 0.277 e. The van der Waals surface area contributed by atoms with Gasteiger partial charge in [-0.25, -0.2) is 0 Å². The van der Waals surface area contributed by atoms with Crippen molar-refractivity contribution in [2.45, 2.75) is 0 Å². The topological polar surface area (TPSA) is 43.1 Å². The van der Waals surface area contributed by atoms with E-state index in [4.69, 9.17) is 0 Å². The molecule has 0 spiro atoms. The molecule has 0 fully saturated rings. The first-order valence-electron chi connectivity index (χ1n) is 9.72. The van der Waals surface area contributed by atoms with Crippen LogP contribution < -0.4 is 0 Å². The molecule has 4 heteroatoms. The number of hydrogen-bond acceptors (Lipinski definition) is 3. The summed E-state index contributed by atoms with van der Waals surface area (Å²) < 4.78 is 2.45. The van der Waals surface area contributed by atoms with E-state index < -0.39 is 0 Å². The lowest BCUT2D eigenvalue weighted by atomic mass is 9.91. The van der Waals surface area contributed by atoms with Crippen molar-refractivity contribution in [3.05, 3.63) is 101 Å². The number of rotatable bonds is 2. The first kappa shape index (κ1) is 17.1. The monoisotopic (exact) mass is 405 g/mol. The Morgan fingerprint density at radius 3 is 2.13 bits per heavy atom. The lowest BCUT2D eigenvalue weighted by Crippen LogP contribution is -1.94. The Morgan fingerprint density at radius 1 is 0.667 bits per heavy atom. The molecule has 0 aliphatic rings.